The average Bonchev–Trinajstić information content (AvgIpc) is 2.53. The summed E-state index contributed by atoms with van der Waals surface area (Å²) in [6.45, 7) is 2.32. The minimum Gasteiger partial charge on any atom is -0.309 e. The quantitative estimate of drug-likeness (QED) is 0.855. The van der Waals surface area contributed by atoms with Crippen LogP contribution in [0, 0.1) is 5.82 Å². The maximum atomic E-state index is 14.0. The third-order valence-electron chi connectivity index (χ3n) is 2.76. The van der Waals surface area contributed by atoms with Crippen LogP contribution in [-0.2, 0) is 21.4 Å². The van der Waals surface area contributed by atoms with Gasteiger partial charge in [-0.3, -0.25) is 9.52 Å². The second-order valence-corrected chi connectivity index (χ2v) is 5.63. The summed E-state index contributed by atoms with van der Waals surface area (Å²) in [4.78, 5) is 13.1. The molecule has 0 unspecified atom stereocenters. The van der Waals surface area contributed by atoms with E-state index < -0.39 is 16.0 Å². The van der Waals surface area contributed by atoms with Gasteiger partial charge in [-0.15, -0.1) is 0 Å². The van der Waals surface area contributed by atoms with Gasteiger partial charge in [0.1, 0.15) is 5.82 Å². The van der Waals surface area contributed by atoms with Crippen molar-refractivity contribution in [1.29, 1.82) is 0 Å². The normalized spacial score (nSPS) is 14.7. The molecule has 0 fully saturated rings. The number of amides is 1. The van der Waals surface area contributed by atoms with E-state index in [1.165, 1.54) is 11.0 Å². The smallest absolute Gasteiger partial charge is 0.296 e. The molecule has 0 radical (unpaired) electrons. The van der Waals surface area contributed by atoms with Crippen molar-refractivity contribution in [1.82, 2.24) is 0 Å². The molecule has 1 aliphatic heterocycles. The lowest BCUT2D eigenvalue weighted by Crippen LogP contribution is -2.28. The van der Waals surface area contributed by atoms with Gasteiger partial charge in [-0.25, -0.2) is 9.53 Å². The Bertz CT molecular complexity index is 630. The van der Waals surface area contributed by atoms with Crippen LogP contribution in [0.4, 0.5) is 15.8 Å². The van der Waals surface area contributed by atoms with Crippen molar-refractivity contribution >= 4 is 27.5 Å². The number of carbonyl (C=O) groups excluding carboxylic acids is 1. The van der Waals surface area contributed by atoms with Crippen LogP contribution in [0.25, 0.3) is 0 Å². The summed E-state index contributed by atoms with van der Waals surface area (Å²) >= 11 is 0. The molecule has 0 atom stereocenters. The molecule has 2 rings (SSSR count). The summed E-state index contributed by atoms with van der Waals surface area (Å²) in [6.07, 6.45) is 0.772. The van der Waals surface area contributed by atoms with Crippen LogP contribution in [0.1, 0.15) is 18.9 Å². The molecular formula is C11H14FN3O3S. The number of carbonyl (C=O) groups is 1. The lowest BCUT2D eigenvalue weighted by molar-refractivity contribution is -0.117. The van der Waals surface area contributed by atoms with Crippen LogP contribution < -0.4 is 14.8 Å². The number of rotatable bonds is 4. The van der Waals surface area contributed by atoms with Crippen molar-refractivity contribution < 1.29 is 17.6 Å². The van der Waals surface area contributed by atoms with Gasteiger partial charge in [0.25, 0.3) is 10.2 Å². The molecule has 104 valence electrons. The molecule has 3 N–H and O–H groups in total. The number of fused-ring (bicyclic) bond motifs is 1. The average molecular weight is 287 g/mol. The Morgan fingerprint density at radius 2 is 2.16 bits per heavy atom. The van der Waals surface area contributed by atoms with Crippen molar-refractivity contribution in [3.63, 3.8) is 0 Å². The Kier molecular flexibility index (Phi) is 3.46. The van der Waals surface area contributed by atoms with Crippen LogP contribution in [-0.4, -0.2) is 20.9 Å². The zero-order chi connectivity index (χ0) is 14.2. The second kappa shape index (κ2) is 4.78. The highest BCUT2D eigenvalue weighted by Gasteiger charge is 2.30. The lowest BCUT2D eigenvalue weighted by Gasteiger charge is -2.17. The van der Waals surface area contributed by atoms with E-state index in [9.17, 15) is 17.6 Å². The maximum absolute atomic E-state index is 14.0. The van der Waals surface area contributed by atoms with Gasteiger partial charge in [0.2, 0.25) is 5.91 Å². The molecule has 0 spiro atoms. The summed E-state index contributed by atoms with van der Waals surface area (Å²) in [6, 6.07) is 2.45. The van der Waals surface area contributed by atoms with Gasteiger partial charge in [0.15, 0.2) is 0 Å². The Morgan fingerprint density at radius 1 is 1.47 bits per heavy atom. The summed E-state index contributed by atoms with van der Waals surface area (Å²) in [7, 11) is -3.96. The molecule has 1 amide bonds. The molecule has 0 aliphatic carbocycles. The fourth-order valence-electron chi connectivity index (χ4n) is 2.16. The van der Waals surface area contributed by atoms with Crippen molar-refractivity contribution in [2.45, 2.75) is 19.8 Å². The third kappa shape index (κ3) is 2.85. The van der Waals surface area contributed by atoms with Crippen molar-refractivity contribution in [2.75, 3.05) is 16.2 Å². The van der Waals surface area contributed by atoms with Gasteiger partial charge in [-0.1, -0.05) is 6.92 Å². The zero-order valence-corrected chi connectivity index (χ0v) is 11.1. The van der Waals surface area contributed by atoms with Crippen molar-refractivity contribution in [3.8, 4) is 0 Å². The van der Waals surface area contributed by atoms with Crippen molar-refractivity contribution in [3.05, 3.63) is 23.5 Å². The number of hydrogen-bond acceptors (Lipinski definition) is 3. The molecule has 1 aromatic carbocycles. The number of nitrogens with one attached hydrogen (secondary N) is 1. The van der Waals surface area contributed by atoms with E-state index in [0.717, 1.165) is 6.07 Å². The Hall–Kier alpha value is -1.67. The second-order valence-electron chi connectivity index (χ2n) is 4.34. The van der Waals surface area contributed by atoms with E-state index in [4.69, 9.17) is 5.14 Å². The van der Waals surface area contributed by atoms with Crippen LogP contribution >= 0.6 is 0 Å². The van der Waals surface area contributed by atoms with Crippen LogP contribution in [0.3, 0.4) is 0 Å². The van der Waals surface area contributed by atoms with Gasteiger partial charge in [0.05, 0.1) is 17.8 Å². The fourth-order valence-corrected chi connectivity index (χ4v) is 2.61. The van der Waals surface area contributed by atoms with E-state index in [-0.39, 0.29) is 23.7 Å². The first-order chi connectivity index (χ1) is 8.81. The highest BCUT2D eigenvalue weighted by molar-refractivity contribution is 7.90. The van der Waals surface area contributed by atoms with E-state index in [2.05, 4.69) is 0 Å². The predicted molar refractivity (Wildman–Crippen MR) is 69.5 cm³/mol. The number of nitrogens with zero attached hydrogens (tertiary/aromatic N) is 1. The monoisotopic (exact) mass is 287 g/mol. The number of nitrogens with two attached hydrogens (primary N) is 1. The largest absolute Gasteiger partial charge is 0.309 e. The first-order valence-electron chi connectivity index (χ1n) is 5.75. The highest BCUT2D eigenvalue weighted by Crippen LogP contribution is 2.34. The van der Waals surface area contributed by atoms with E-state index >= 15 is 0 Å². The molecule has 8 heteroatoms. The summed E-state index contributed by atoms with van der Waals surface area (Å²) in [5.41, 5.74) is 0.710. The van der Waals surface area contributed by atoms with Gasteiger partial charge < -0.3 is 4.90 Å². The maximum Gasteiger partial charge on any atom is 0.296 e. The fraction of sp³-hybridized carbons (Fsp3) is 0.364. The molecule has 1 heterocycles. The molecule has 0 saturated heterocycles. The highest BCUT2D eigenvalue weighted by atomic mass is 32.2. The van der Waals surface area contributed by atoms with Crippen LogP contribution in [0.15, 0.2) is 12.1 Å². The van der Waals surface area contributed by atoms with E-state index in [1.807, 2.05) is 11.6 Å². The summed E-state index contributed by atoms with van der Waals surface area (Å²) in [5.74, 6) is -0.827. The number of hydrogen-bond donors (Lipinski definition) is 2. The van der Waals surface area contributed by atoms with Crippen LogP contribution in [0.2, 0.25) is 0 Å². The molecule has 1 aliphatic rings. The minimum absolute atomic E-state index is 0.0184. The first kappa shape index (κ1) is 13.8. The molecule has 1 aromatic rings. The van der Waals surface area contributed by atoms with Crippen LogP contribution in [0.5, 0.6) is 0 Å². The molecule has 6 nitrogen and oxygen atoms in total. The molecule has 0 saturated carbocycles. The van der Waals surface area contributed by atoms with Crippen molar-refractivity contribution in [2.24, 2.45) is 5.14 Å². The Labute approximate surface area is 110 Å². The molecule has 0 bridgehead atoms. The summed E-state index contributed by atoms with van der Waals surface area (Å²) < 4.78 is 37.8. The number of halogens is 1. The Balaban J connectivity index is 2.42. The zero-order valence-electron chi connectivity index (χ0n) is 10.3. The summed E-state index contributed by atoms with van der Waals surface area (Å²) in [5, 5.41) is 4.83. The van der Waals surface area contributed by atoms with E-state index in [1.54, 1.807) is 0 Å². The van der Waals surface area contributed by atoms with Gasteiger partial charge in [-0.05, 0) is 18.1 Å². The number of anilines is 2. The van der Waals surface area contributed by atoms with E-state index in [0.29, 0.717) is 18.5 Å². The topological polar surface area (TPSA) is 92.5 Å². The third-order valence-corrected chi connectivity index (χ3v) is 3.28. The standard InChI is InChI=1S/C11H14FN3O3S/c1-2-3-15-10(16)5-7-4-8(14-19(13,17)18)6-9(12)11(7)15/h4,6,14H,2-3,5H2,1H3,(H2,13,17,18). The Morgan fingerprint density at radius 3 is 2.74 bits per heavy atom. The molecule has 19 heavy (non-hydrogen) atoms. The predicted octanol–water partition coefficient (Wildman–Crippen LogP) is 0.740. The van der Waals surface area contributed by atoms with Gasteiger partial charge in [0, 0.05) is 12.6 Å². The molecular weight excluding hydrogens is 273 g/mol. The first-order valence-corrected chi connectivity index (χ1v) is 7.29. The van der Waals surface area contributed by atoms with Gasteiger partial charge >= 0.3 is 0 Å². The van der Waals surface area contributed by atoms with Gasteiger partial charge in [-0.2, -0.15) is 8.42 Å². The SMILES string of the molecule is CCCN1C(=O)Cc2cc(NS(N)(=O)=O)cc(F)c21. The minimum atomic E-state index is -3.96. The number of benzene rings is 1. The molecule has 0 aromatic heterocycles. The lowest BCUT2D eigenvalue weighted by atomic mass is 10.1.